The predicted octanol–water partition coefficient (Wildman–Crippen LogP) is 1.04. The molecule has 1 rings (SSSR count). The fraction of sp³-hybridized carbons (Fsp3) is 1.00. The van der Waals surface area contributed by atoms with Gasteiger partial charge >= 0.3 is 0 Å². The third-order valence-electron chi connectivity index (χ3n) is 2.23. The molecule has 1 aliphatic heterocycles. The maximum Gasteiger partial charge on any atom is 0.0674 e. The van der Waals surface area contributed by atoms with Crippen LogP contribution in [-0.2, 0) is 4.74 Å². The average Bonchev–Trinajstić information content (AvgIpc) is 2.07. The van der Waals surface area contributed by atoms with Gasteiger partial charge in [0, 0.05) is 48.5 Å². The van der Waals surface area contributed by atoms with Gasteiger partial charge in [0.15, 0.2) is 0 Å². The molecule has 0 aromatic heterocycles. The van der Waals surface area contributed by atoms with E-state index in [2.05, 4.69) is 45.1 Å². The second-order valence-corrected chi connectivity index (χ2v) is 4.13. The Morgan fingerprint density at radius 1 is 1.58 bits per heavy atom. The highest BCUT2D eigenvalue weighted by Crippen LogP contribution is 2.09. The number of nitrogens with zero attached hydrogens (tertiary/aromatic N) is 1. The molecule has 72 valence electrons. The molecule has 12 heavy (non-hydrogen) atoms. The fourth-order valence-electron chi connectivity index (χ4n) is 1.47. The van der Waals surface area contributed by atoms with Crippen molar-refractivity contribution in [2.24, 2.45) is 0 Å². The van der Waals surface area contributed by atoms with E-state index in [9.17, 15) is 0 Å². The van der Waals surface area contributed by atoms with Crippen LogP contribution in [0.4, 0.5) is 0 Å². The first-order chi connectivity index (χ1) is 5.74. The zero-order chi connectivity index (χ0) is 8.97. The Kier molecular flexibility index (Phi) is 4.78. The lowest BCUT2D eigenvalue weighted by Crippen LogP contribution is -2.48. The van der Waals surface area contributed by atoms with Crippen molar-refractivity contribution in [2.45, 2.75) is 26.0 Å². The van der Waals surface area contributed by atoms with Crippen LogP contribution in [-0.4, -0.2) is 43.3 Å². The molecule has 0 aliphatic carbocycles. The van der Waals surface area contributed by atoms with Gasteiger partial charge in [0.25, 0.3) is 0 Å². The summed E-state index contributed by atoms with van der Waals surface area (Å²) >= 11 is 2.19. The van der Waals surface area contributed by atoms with Crippen LogP contribution in [0.5, 0.6) is 0 Å². The van der Waals surface area contributed by atoms with Gasteiger partial charge in [-0.3, -0.25) is 8.43 Å². The number of nitrogens with one attached hydrogen (secondary N) is 1. The summed E-state index contributed by atoms with van der Waals surface area (Å²) < 4.78 is 8.67. The van der Waals surface area contributed by atoms with Crippen LogP contribution < -0.4 is 3.53 Å². The van der Waals surface area contributed by atoms with Gasteiger partial charge in [-0.25, -0.2) is 0 Å². The van der Waals surface area contributed by atoms with Gasteiger partial charge in [-0.15, -0.1) is 0 Å². The van der Waals surface area contributed by atoms with Crippen LogP contribution in [0.3, 0.4) is 0 Å². The molecule has 0 spiro atoms. The molecule has 4 heteroatoms. The molecule has 0 saturated carbocycles. The third-order valence-corrected chi connectivity index (χ3v) is 2.77. The molecular weight excluding hydrogens is 267 g/mol. The molecule has 2 atom stereocenters. The first-order valence-corrected chi connectivity index (χ1v) is 5.51. The Morgan fingerprint density at radius 2 is 2.33 bits per heavy atom. The average molecular weight is 284 g/mol. The van der Waals surface area contributed by atoms with Gasteiger partial charge in [-0.2, -0.15) is 0 Å². The first-order valence-electron chi connectivity index (χ1n) is 4.43. The van der Waals surface area contributed by atoms with Crippen molar-refractivity contribution in [3.8, 4) is 0 Å². The van der Waals surface area contributed by atoms with Gasteiger partial charge in [-0.05, 0) is 13.8 Å². The zero-order valence-electron chi connectivity index (χ0n) is 7.72. The van der Waals surface area contributed by atoms with E-state index >= 15 is 0 Å². The molecule has 3 nitrogen and oxygen atoms in total. The van der Waals surface area contributed by atoms with Crippen molar-refractivity contribution in [1.29, 1.82) is 0 Å². The van der Waals surface area contributed by atoms with Crippen LogP contribution in [0.25, 0.3) is 0 Å². The molecular formula is C8H17IN2O. The molecule has 1 aliphatic rings. The smallest absolute Gasteiger partial charge is 0.0674 e. The summed E-state index contributed by atoms with van der Waals surface area (Å²) in [5, 5.41) is 0. The minimum Gasteiger partial charge on any atom is -0.376 e. The van der Waals surface area contributed by atoms with Gasteiger partial charge in [0.2, 0.25) is 0 Å². The summed E-state index contributed by atoms with van der Waals surface area (Å²) in [6.07, 6.45) is 0.399. The van der Waals surface area contributed by atoms with E-state index in [1.54, 1.807) is 0 Å². The van der Waals surface area contributed by atoms with Crippen molar-refractivity contribution in [2.75, 3.05) is 26.2 Å². The van der Waals surface area contributed by atoms with E-state index in [0.29, 0.717) is 12.1 Å². The maximum atomic E-state index is 5.54. The first kappa shape index (κ1) is 10.7. The molecule has 0 amide bonds. The topological polar surface area (TPSA) is 24.5 Å². The third kappa shape index (κ3) is 3.16. The summed E-state index contributed by atoms with van der Waals surface area (Å²) in [4.78, 5) is 2.47. The molecule has 0 radical (unpaired) electrons. The number of ether oxygens (including phenoxy) is 1. The van der Waals surface area contributed by atoms with Gasteiger partial charge in [-0.1, -0.05) is 0 Å². The van der Waals surface area contributed by atoms with E-state index < -0.39 is 0 Å². The van der Waals surface area contributed by atoms with Crippen LogP contribution in [0.1, 0.15) is 13.8 Å². The van der Waals surface area contributed by atoms with Crippen molar-refractivity contribution in [3.63, 3.8) is 0 Å². The highest BCUT2D eigenvalue weighted by molar-refractivity contribution is 14.1. The van der Waals surface area contributed by atoms with Crippen LogP contribution in [0, 0.1) is 0 Å². The molecule has 0 aromatic carbocycles. The molecule has 0 bridgehead atoms. The summed E-state index contributed by atoms with van der Waals surface area (Å²) in [5.41, 5.74) is 0. The molecule has 1 fully saturated rings. The van der Waals surface area contributed by atoms with E-state index in [-0.39, 0.29) is 0 Å². The van der Waals surface area contributed by atoms with Gasteiger partial charge in [0.1, 0.15) is 0 Å². The predicted molar refractivity (Wildman–Crippen MR) is 58.5 cm³/mol. The number of hydrogen-bond acceptors (Lipinski definition) is 3. The SMILES string of the molecule is CC1CN(CCNI)C(C)CO1. The second kappa shape index (κ2) is 5.36. The van der Waals surface area contributed by atoms with E-state index in [0.717, 1.165) is 26.2 Å². The highest BCUT2D eigenvalue weighted by Gasteiger charge is 2.22. The molecule has 0 aromatic rings. The summed E-state index contributed by atoms with van der Waals surface area (Å²) in [6.45, 7) is 8.48. The summed E-state index contributed by atoms with van der Waals surface area (Å²) in [5.74, 6) is 0. The molecule has 1 saturated heterocycles. The maximum absolute atomic E-state index is 5.54. The van der Waals surface area contributed by atoms with Crippen molar-refractivity contribution in [3.05, 3.63) is 0 Å². The van der Waals surface area contributed by atoms with Crippen molar-refractivity contribution >= 4 is 22.9 Å². The van der Waals surface area contributed by atoms with E-state index in [1.165, 1.54) is 0 Å². The van der Waals surface area contributed by atoms with E-state index in [1.807, 2.05) is 0 Å². The van der Waals surface area contributed by atoms with Crippen LogP contribution in [0.15, 0.2) is 0 Å². The van der Waals surface area contributed by atoms with E-state index in [4.69, 9.17) is 4.74 Å². The Bertz CT molecular complexity index is 134. The largest absolute Gasteiger partial charge is 0.376 e. The number of rotatable bonds is 3. The Balaban J connectivity index is 2.28. The highest BCUT2D eigenvalue weighted by atomic mass is 127. The Labute approximate surface area is 88.3 Å². The minimum absolute atomic E-state index is 0.399. The Morgan fingerprint density at radius 3 is 3.00 bits per heavy atom. The van der Waals surface area contributed by atoms with Crippen LogP contribution in [0.2, 0.25) is 0 Å². The number of morpholine rings is 1. The lowest BCUT2D eigenvalue weighted by Gasteiger charge is -2.36. The number of halogens is 1. The van der Waals surface area contributed by atoms with Gasteiger partial charge in [0.05, 0.1) is 12.7 Å². The van der Waals surface area contributed by atoms with Crippen molar-refractivity contribution < 1.29 is 4.74 Å². The molecule has 2 unspecified atom stereocenters. The summed E-state index contributed by atoms with van der Waals surface area (Å²) in [7, 11) is 0. The lowest BCUT2D eigenvalue weighted by molar-refractivity contribution is -0.0481. The zero-order valence-corrected chi connectivity index (χ0v) is 9.87. The quantitative estimate of drug-likeness (QED) is 0.619. The monoisotopic (exact) mass is 284 g/mol. The van der Waals surface area contributed by atoms with Gasteiger partial charge < -0.3 is 4.74 Å². The normalized spacial score (nSPS) is 32.2. The fourth-order valence-corrected chi connectivity index (χ4v) is 1.71. The minimum atomic E-state index is 0.399. The number of hydrogen-bond donors (Lipinski definition) is 1. The van der Waals surface area contributed by atoms with Crippen molar-refractivity contribution in [1.82, 2.24) is 8.43 Å². The molecule has 1 heterocycles. The Hall–Kier alpha value is 0.610. The summed E-state index contributed by atoms with van der Waals surface area (Å²) in [6, 6.07) is 0.575. The second-order valence-electron chi connectivity index (χ2n) is 3.37. The van der Waals surface area contributed by atoms with Crippen LogP contribution >= 0.6 is 22.9 Å². The molecule has 1 N–H and O–H groups in total. The lowest BCUT2D eigenvalue weighted by atomic mass is 10.2. The standard InChI is InChI=1S/C8H17IN2O/c1-7-6-12-8(2)5-11(7)4-3-10-9/h7-8,10H,3-6H2,1-2H3.